The van der Waals surface area contributed by atoms with Crippen LogP contribution in [0.1, 0.15) is 19.3 Å². The summed E-state index contributed by atoms with van der Waals surface area (Å²) < 4.78 is 6.65. The van der Waals surface area contributed by atoms with Crippen LogP contribution in [0.5, 0.6) is 11.5 Å². The predicted molar refractivity (Wildman–Crippen MR) is 88.1 cm³/mol. The zero-order chi connectivity index (χ0) is 16.7. The average Bonchev–Trinajstić information content (AvgIpc) is 2.51. The Morgan fingerprint density at radius 1 is 0.957 bits per heavy atom. The molecule has 0 unspecified atom stereocenters. The number of benzene rings is 2. The van der Waals surface area contributed by atoms with E-state index in [0.29, 0.717) is 17.2 Å². The number of carbonyl (C=O) groups is 2. The number of carboxylic acids is 1. The van der Waals surface area contributed by atoms with Crippen LogP contribution in [0.4, 0.5) is 5.69 Å². The lowest BCUT2D eigenvalue weighted by Gasteiger charge is -2.08. The van der Waals surface area contributed by atoms with Crippen LogP contribution in [0, 0.1) is 0 Å². The molecule has 120 valence electrons. The Morgan fingerprint density at radius 2 is 1.52 bits per heavy atom. The van der Waals surface area contributed by atoms with E-state index >= 15 is 0 Å². The van der Waals surface area contributed by atoms with Crippen molar-refractivity contribution in [2.75, 3.05) is 5.32 Å². The largest absolute Gasteiger partial charge is 0.550 e. The van der Waals surface area contributed by atoms with E-state index in [-0.39, 0.29) is 25.2 Å². The Morgan fingerprint density at radius 3 is 2.09 bits per heavy atom. The molecule has 0 heterocycles. The number of carbonyl (C=O) groups excluding carboxylic acids is 2. The molecule has 2 rings (SSSR count). The van der Waals surface area contributed by atoms with Crippen LogP contribution in [0.3, 0.4) is 0 Å². The summed E-state index contributed by atoms with van der Waals surface area (Å²) in [5, 5.41) is 13.0. The molecule has 0 spiro atoms. The molecule has 0 radical (unpaired) electrons. The van der Waals surface area contributed by atoms with Gasteiger partial charge in [-0.15, -0.1) is 0 Å². The van der Waals surface area contributed by atoms with E-state index < -0.39 is 5.97 Å². The summed E-state index contributed by atoms with van der Waals surface area (Å²) in [6, 6.07) is 14.4. The Labute approximate surface area is 142 Å². The fraction of sp³-hybridized carbons (Fsp3) is 0.176. The van der Waals surface area contributed by atoms with E-state index in [0.717, 1.165) is 4.47 Å². The summed E-state index contributed by atoms with van der Waals surface area (Å²) in [5.74, 6) is -0.00499. The topological polar surface area (TPSA) is 78.5 Å². The minimum Gasteiger partial charge on any atom is -0.550 e. The second-order valence-corrected chi connectivity index (χ2v) is 5.77. The van der Waals surface area contributed by atoms with E-state index in [1.165, 1.54) is 0 Å². The van der Waals surface area contributed by atoms with E-state index in [1.807, 2.05) is 24.3 Å². The quantitative estimate of drug-likeness (QED) is 0.804. The molecule has 1 N–H and O–H groups in total. The molecule has 0 saturated heterocycles. The van der Waals surface area contributed by atoms with Crippen molar-refractivity contribution in [3.8, 4) is 11.5 Å². The lowest BCUT2D eigenvalue weighted by atomic mass is 10.2. The average molecular weight is 377 g/mol. The van der Waals surface area contributed by atoms with Crippen molar-refractivity contribution in [3.63, 3.8) is 0 Å². The molecule has 2 aromatic carbocycles. The molecule has 0 bridgehead atoms. The van der Waals surface area contributed by atoms with Gasteiger partial charge in [-0.1, -0.05) is 15.9 Å². The molecule has 0 saturated carbocycles. The second-order valence-electron chi connectivity index (χ2n) is 4.85. The van der Waals surface area contributed by atoms with Gasteiger partial charge in [0.05, 0.1) is 0 Å². The highest BCUT2D eigenvalue weighted by molar-refractivity contribution is 9.10. The zero-order valence-corrected chi connectivity index (χ0v) is 13.8. The lowest BCUT2D eigenvalue weighted by molar-refractivity contribution is -0.305. The minimum absolute atomic E-state index is 0.118. The number of carboxylic acid groups (broad SMARTS) is 1. The molecule has 1 amide bonds. The molecule has 0 aliphatic carbocycles. The van der Waals surface area contributed by atoms with E-state index in [4.69, 9.17) is 4.74 Å². The maximum absolute atomic E-state index is 11.6. The first-order valence-electron chi connectivity index (χ1n) is 7.06. The molecule has 5 nitrogen and oxygen atoms in total. The summed E-state index contributed by atoms with van der Waals surface area (Å²) in [6.45, 7) is 0. The number of rotatable bonds is 7. The minimum atomic E-state index is -1.15. The fourth-order valence-corrected chi connectivity index (χ4v) is 2.13. The molecule has 0 fully saturated rings. The van der Waals surface area contributed by atoms with E-state index in [2.05, 4.69) is 21.2 Å². The smallest absolute Gasteiger partial charge is 0.224 e. The summed E-state index contributed by atoms with van der Waals surface area (Å²) in [4.78, 5) is 21.9. The molecule has 2 aromatic rings. The number of halogens is 1. The number of amides is 1. The first-order valence-corrected chi connectivity index (χ1v) is 7.85. The SMILES string of the molecule is O=C([O-])CCCC(=O)Nc1ccc(Oc2ccc(Br)cc2)cc1. The van der Waals surface area contributed by atoms with Crippen LogP contribution in [0.15, 0.2) is 53.0 Å². The standard InChI is InChI=1S/C17H16BrNO4/c18-12-4-8-14(9-5-12)23-15-10-6-13(7-11-15)19-16(20)2-1-3-17(21)22/h4-11H,1-3H2,(H,19,20)(H,21,22)/p-1. The Balaban J connectivity index is 1.85. The zero-order valence-electron chi connectivity index (χ0n) is 12.3. The summed E-state index contributed by atoms with van der Waals surface area (Å²) in [5.41, 5.74) is 0.631. The third-order valence-corrected chi connectivity index (χ3v) is 3.50. The third kappa shape index (κ3) is 6.12. The number of anilines is 1. The summed E-state index contributed by atoms with van der Waals surface area (Å²) in [6.07, 6.45) is 0.289. The van der Waals surface area contributed by atoms with Gasteiger partial charge in [-0.3, -0.25) is 4.79 Å². The predicted octanol–water partition coefficient (Wildman–Crippen LogP) is 3.10. The van der Waals surface area contributed by atoms with Crippen molar-refractivity contribution in [1.82, 2.24) is 0 Å². The molecule has 0 atom stereocenters. The molecular formula is C17H15BrNO4-. The van der Waals surface area contributed by atoms with E-state index in [1.54, 1.807) is 24.3 Å². The number of aliphatic carboxylic acids is 1. The first kappa shape index (κ1) is 17.0. The van der Waals surface area contributed by atoms with Gasteiger partial charge in [0.1, 0.15) is 11.5 Å². The van der Waals surface area contributed by atoms with Gasteiger partial charge in [0, 0.05) is 22.6 Å². The van der Waals surface area contributed by atoms with Gasteiger partial charge in [-0.05, 0) is 61.4 Å². The molecule has 6 heteroatoms. The molecule has 0 aliphatic heterocycles. The van der Waals surface area contributed by atoms with Gasteiger partial charge < -0.3 is 20.0 Å². The number of ether oxygens (including phenoxy) is 1. The Hall–Kier alpha value is -2.34. The van der Waals surface area contributed by atoms with Gasteiger partial charge in [0.25, 0.3) is 0 Å². The van der Waals surface area contributed by atoms with Crippen molar-refractivity contribution in [2.45, 2.75) is 19.3 Å². The van der Waals surface area contributed by atoms with Gasteiger partial charge >= 0.3 is 0 Å². The third-order valence-electron chi connectivity index (χ3n) is 2.97. The monoisotopic (exact) mass is 376 g/mol. The number of hydrogen-bond donors (Lipinski definition) is 1. The van der Waals surface area contributed by atoms with Crippen LogP contribution in [-0.2, 0) is 9.59 Å². The van der Waals surface area contributed by atoms with Crippen LogP contribution < -0.4 is 15.2 Å². The maximum atomic E-state index is 11.6. The number of nitrogens with one attached hydrogen (secondary N) is 1. The van der Waals surface area contributed by atoms with Crippen LogP contribution in [-0.4, -0.2) is 11.9 Å². The van der Waals surface area contributed by atoms with Crippen molar-refractivity contribution in [2.24, 2.45) is 0 Å². The maximum Gasteiger partial charge on any atom is 0.224 e. The van der Waals surface area contributed by atoms with E-state index in [9.17, 15) is 14.7 Å². The molecule has 23 heavy (non-hydrogen) atoms. The van der Waals surface area contributed by atoms with Crippen molar-refractivity contribution in [3.05, 3.63) is 53.0 Å². The van der Waals surface area contributed by atoms with Gasteiger partial charge in [0.15, 0.2) is 0 Å². The Bertz CT molecular complexity index is 668. The van der Waals surface area contributed by atoms with Crippen molar-refractivity contribution >= 4 is 33.5 Å². The normalized spacial score (nSPS) is 10.1. The highest BCUT2D eigenvalue weighted by Gasteiger charge is 2.03. The molecule has 0 aromatic heterocycles. The number of hydrogen-bond acceptors (Lipinski definition) is 4. The van der Waals surface area contributed by atoms with Gasteiger partial charge in [0.2, 0.25) is 5.91 Å². The highest BCUT2D eigenvalue weighted by Crippen LogP contribution is 2.24. The molecular weight excluding hydrogens is 362 g/mol. The van der Waals surface area contributed by atoms with Crippen molar-refractivity contribution in [1.29, 1.82) is 0 Å². The highest BCUT2D eigenvalue weighted by atomic mass is 79.9. The van der Waals surface area contributed by atoms with Gasteiger partial charge in [-0.2, -0.15) is 0 Å². The molecule has 0 aliphatic rings. The Kier molecular flexibility index (Phi) is 6.17. The lowest BCUT2D eigenvalue weighted by Crippen LogP contribution is -2.22. The van der Waals surface area contributed by atoms with Crippen LogP contribution in [0.25, 0.3) is 0 Å². The summed E-state index contributed by atoms with van der Waals surface area (Å²) in [7, 11) is 0. The van der Waals surface area contributed by atoms with Crippen LogP contribution in [0.2, 0.25) is 0 Å². The summed E-state index contributed by atoms with van der Waals surface area (Å²) >= 11 is 3.36. The second kappa shape index (κ2) is 8.33. The van der Waals surface area contributed by atoms with Gasteiger partial charge in [-0.25, -0.2) is 0 Å². The van der Waals surface area contributed by atoms with Crippen LogP contribution >= 0.6 is 15.9 Å². The van der Waals surface area contributed by atoms with Crippen molar-refractivity contribution < 1.29 is 19.4 Å². The fourth-order valence-electron chi connectivity index (χ4n) is 1.86. The first-order chi connectivity index (χ1) is 11.0.